The van der Waals surface area contributed by atoms with Gasteiger partial charge in [-0.1, -0.05) is 18.2 Å². The van der Waals surface area contributed by atoms with Gasteiger partial charge in [-0.2, -0.15) is 24.2 Å². The molecule has 5 aromatic rings. The van der Waals surface area contributed by atoms with E-state index >= 15 is 0 Å². The number of nitrogen functional groups attached to an aromatic ring is 1. The van der Waals surface area contributed by atoms with E-state index in [2.05, 4.69) is 16.2 Å². The lowest BCUT2D eigenvalue weighted by molar-refractivity contribution is -0.104. The third-order valence-corrected chi connectivity index (χ3v) is 8.78. The number of sulfonamides is 1. The number of aryl methyl sites for hydroxylation is 1. The number of nitrogens with one attached hydrogen (secondary N) is 1. The van der Waals surface area contributed by atoms with Crippen LogP contribution in [0.3, 0.4) is 0 Å². The first-order valence-electron chi connectivity index (χ1n) is 13.9. The summed E-state index contributed by atoms with van der Waals surface area (Å²) in [6.45, 7) is 2.37. The summed E-state index contributed by atoms with van der Waals surface area (Å²) in [6.07, 6.45) is 4.56. The van der Waals surface area contributed by atoms with Crippen LogP contribution in [-0.4, -0.2) is 51.9 Å². The van der Waals surface area contributed by atoms with Crippen molar-refractivity contribution in [2.45, 2.75) is 30.7 Å². The number of alkyl halides is 2. The van der Waals surface area contributed by atoms with Gasteiger partial charge in [0.05, 0.1) is 48.5 Å². The number of halogens is 3. The van der Waals surface area contributed by atoms with Gasteiger partial charge in [0.1, 0.15) is 34.7 Å². The number of benzene rings is 2. The number of pyridine rings is 1. The van der Waals surface area contributed by atoms with Crippen LogP contribution < -0.4 is 15.2 Å². The molecule has 0 radical (unpaired) electrons. The summed E-state index contributed by atoms with van der Waals surface area (Å²) in [5.74, 6) is -4.06. The molecule has 4 heterocycles. The fraction of sp³-hybridized carbons (Fsp3) is 0.267. The Morgan fingerprint density at radius 3 is 2.57 bits per heavy atom. The normalized spacial score (nSPS) is 15.0. The van der Waals surface area contributed by atoms with Crippen LogP contribution in [0.4, 0.5) is 24.7 Å². The number of hydrogen-bond acceptors (Lipinski definition) is 9. The van der Waals surface area contributed by atoms with Crippen LogP contribution >= 0.6 is 0 Å². The number of nitrogens with zero attached hydrogens (tertiary/aromatic N) is 6. The van der Waals surface area contributed by atoms with E-state index in [1.807, 2.05) is 10.9 Å². The second kappa shape index (κ2) is 11.7. The number of hydrogen-bond donors (Lipinski definition) is 2. The Bertz CT molecular complexity index is 2090. The number of anilines is 2. The van der Waals surface area contributed by atoms with E-state index in [1.54, 1.807) is 35.7 Å². The maximum absolute atomic E-state index is 13.5. The number of rotatable bonds is 10. The van der Waals surface area contributed by atoms with Crippen molar-refractivity contribution >= 4 is 32.4 Å². The zero-order valence-corrected chi connectivity index (χ0v) is 25.3. The van der Waals surface area contributed by atoms with Gasteiger partial charge in [0, 0.05) is 36.1 Å². The predicted molar refractivity (Wildman–Crippen MR) is 163 cm³/mol. The Balaban J connectivity index is 1.44. The molecule has 1 atom stereocenters. The zero-order valence-electron chi connectivity index (χ0n) is 24.5. The fourth-order valence-electron chi connectivity index (χ4n) is 5.31. The van der Waals surface area contributed by atoms with Crippen molar-refractivity contribution in [2.24, 2.45) is 7.05 Å². The highest BCUT2D eigenvalue weighted by molar-refractivity contribution is 7.93. The van der Waals surface area contributed by atoms with Crippen LogP contribution in [0, 0.1) is 17.1 Å². The van der Waals surface area contributed by atoms with Gasteiger partial charge in [-0.25, -0.2) is 17.8 Å². The van der Waals surface area contributed by atoms with E-state index in [0.717, 1.165) is 0 Å². The van der Waals surface area contributed by atoms with Crippen molar-refractivity contribution in [3.05, 3.63) is 72.4 Å². The molecule has 1 fully saturated rings. The molecule has 12 nitrogen and oxygen atoms in total. The first kappa shape index (κ1) is 30.9. The van der Waals surface area contributed by atoms with Crippen molar-refractivity contribution < 1.29 is 31.1 Å². The number of nitriles is 1. The molecular weight excluding hydrogens is 625 g/mol. The second-order valence-corrected chi connectivity index (χ2v) is 12.6. The highest BCUT2D eigenvalue weighted by Gasteiger charge is 2.41. The average Bonchev–Trinajstić information content (AvgIpc) is 3.62. The lowest BCUT2D eigenvalue weighted by atomic mass is 9.94. The number of fused-ring (bicyclic) bond motifs is 1. The Hall–Kier alpha value is -5.14. The largest absolute Gasteiger partial charge is 0.484 e. The van der Waals surface area contributed by atoms with Gasteiger partial charge in [0.2, 0.25) is 0 Å². The van der Waals surface area contributed by atoms with E-state index in [-0.39, 0.29) is 23.7 Å². The van der Waals surface area contributed by atoms with Crippen LogP contribution in [0.1, 0.15) is 25.0 Å². The van der Waals surface area contributed by atoms with Crippen LogP contribution in [0.2, 0.25) is 0 Å². The molecular formula is C30H27F3N8O4S. The van der Waals surface area contributed by atoms with Gasteiger partial charge >= 0.3 is 5.76 Å². The van der Waals surface area contributed by atoms with Gasteiger partial charge in [0.25, 0.3) is 10.0 Å². The Kier molecular flexibility index (Phi) is 7.82. The molecule has 1 saturated heterocycles. The van der Waals surface area contributed by atoms with Gasteiger partial charge in [-0.05, 0) is 36.8 Å². The molecule has 6 rings (SSSR count). The van der Waals surface area contributed by atoms with Crippen LogP contribution in [-0.2, 0) is 27.3 Å². The van der Waals surface area contributed by atoms with Crippen molar-refractivity contribution in [1.82, 2.24) is 24.5 Å². The van der Waals surface area contributed by atoms with Gasteiger partial charge < -0.3 is 15.2 Å². The summed E-state index contributed by atoms with van der Waals surface area (Å²) in [7, 11) is -3.32. The number of aromatic nitrogens is 5. The molecule has 0 aliphatic carbocycles. The molecule has 2 aromatic carbocycles. The molecule has 1 aliphatic heterocycles. The lowest BCUT2D eigenvalue weighted by Gasteiger charge is -2.39. The highest BCUT2D eigenvalue weighted by atomic mass is 32.2. The molecule has 0 amide bonds. The molecule has 0 saturated carbocycles. The van der Waals surface area contributed by atoms with Gasteiger partial charge in [0.15, 0.2) is 0 Å². The van der Waals surface area contributed by atoms with E-state index in [9.17, 15) is 26.9 Å². The monoisotopic (exact) mass is 652 g/mol. The Morgan fingerprint density at radius 1 is 1.17 bits per heavy atom. The fourth-order valence-corrected chi connectivity index (χ4v) is 5.88. The van der Waals surface area contributed by atoms with E-state index in [1.165, 1.54) is 42.5 Å². The first-order valence-corrected chi connectivity index (χ1v) is 15.4. The molecule has 238 valence electrons. The van der Waals surface area contributed by atoms with Crippen molar-refractivity contribution in [2.75, 3.05) is 23.7 Å². The maximum atomic E-state index is 13.5. The summed E-state index contributed by atoms with van der Waals surface area (Å²) in [6, 6.07) is 11.9. The van der Waals surface area contributed by atoms with Gasteiger partial charge in [-0.3, -0.25) is 14.1 Å². The second-order valence-electron chi connectivity index (χ2n) is 10.9. The predicted octanol–water partition coefficient (Wildman–Crippen LogP) is 4.96. The molecule has 0 unspecified atom stereocenters. The molecule has 1 aliphatic rings. The summed E-state index contributed by atoms with van der Waals surface area (Å²) in [5.41, 5.74) is 8.91. The molecule has 16 heteroatoms. The molecule has 0 spiro atoms. The van der Waals surface area contributed by atoms with Gasteiger partial charge in [-0.15, -0.1) is 0 Å². The molecule has 46 heavy (non-hydrogen) atoms. The molecule has 3 N–H and O–H groups in total. The summed E-state index contributed by atoms with van der Waals surface area (Å²) < 4.78 is 80.9. The Morgan fingerprint density at radius 2 is 1.91 bits per heavy atom. The topological polar surface area (TPSA) is 163 Å². The molecule has 3 aromatic heterocycles. The average molecular weight is 653 g/mol. The molecule has 0 bridgehead atoms. The minimum Gasteiger partial charge on any atom is -0.484 e. The quantitative estimate of drug-likeness (QED) is 0.212. The number of nitrogens with two attached hydrogens (primary N) is 1. The zero-order chi connectivity index (χ0) is 32.8. The first-order chi connectivity index (χ1) is 21.9. The maximum Gasteiger partial charge on any atom is 0.355 e. The third-order valence-electron chi connectivity index (χ3n) is 7.81. The van der Waals surface area contributed by atoms with Crippen molar-refractivity contribution in [3.8, 4) is 34.2 Å². The summed E-state index contributed by atoms with van der Waals surface area (Å²) >= 11 is 0. The SMILES string of the molecule is C[C@H](Oc1cc(-c2nn(C)c3c(-c4cnn(C5(CC#N)COC5)c4)cnc(N)c23)ccc1NS(=O)(=O)C(F)F)c1ccc(F)cc1. The lowest BCUT2D eigenvalue weighted by Crippen LogP contribution is -2.51. The van der Waals surface area contributed by atoms with Crippen molar-refractivity contribution in [3.63, 3.8) is 0 Å². The minimum atomic E-state index is -5.04. The van der Waals surface area contributed by atoms with Crippen LogP contribution in [0.15, 0.2) is 61.1 Å². The standard InChI is InChI=1S/C30H27F3N8O4S/c1-17(18-3-6-21(31)7-4-18)45-24-11-19(5-8-23(24)39-46(42,43)29(32)33)26-25-27(40(2)38-26)22(13-36-28(25)35)20-12-37-41(14-20)30(9-10-34)15-44-16-30/h3-8,11-14,17,29,39H,9,15-16H2,1-2H3,(H2,35,36)/t17-/m0/s1. The number of ether oxygens (including phenoxy) is 2. The van der Waals surface area contributed by atoms with E-state index in [0.29, 0.717) is 52.1 Å². The highest BCUT2D eigenvalue weighted by Crippen LogP contribution is 2.41. The summed E-state index contributed by atoms with van der Waals surface area (Å²) in [4.78, 5) is 4.40. The van der Waals surface area contributed by atoms with Crippen molar-refractivity contribution in [1.29, 1.82) is 5.26 Å². The Labute approximate surface area is 261 Å². The van der Waals surface area contributed by atoms with Crippen LogP contribution in [0.25, 0.3) is 33.3 Å². The van der Waals surface area contributed by atoms with Crippen LogP contribution in [0.5, 0.6) is 5.75 Å². The van der Waals surface area contributed by atoms with E-state index < -0.39 is 33.2 Å². The van der Waals surface area contributed by atoms with E-state index in [4.69, 9.17) is 20.3 Å². The summed E-state index contributed by atoms with van der Waals surface area (Å²) in [5, 5.41) is 19.0. The minimum absolute atomic E-state index is 0.0770. The smallest absolute Gasteiger partial charge is 0.355 e. The third kappa shape index (κ3) is 5.48.